The number of likely N-dealkylation sites (tertiary alicyclic amines) is 1. The maximum atomic E-state index is 5.69. The van der Waals surface area contributed by atoms with Gasteiger partial charge in [-0.1, -0.05) is 39.3 Å². The van der Waals surface area contributed by atoms with E-state index < -0.39 is 0 Å². The number of nitrogens with two attached hydrogens (primary N) is 1. The minimum Gasteiger partial charge on any atom is -0.325 e. The largest absolute Gasteiger partial charge is 0.325 e. The highest BCUT2D eigenvalue weighted by molar-refractivity contribution is 4.95. The van der Waals surface area contributed by atoms with Crippen molar-refractivity contribution >= 4 is 0 Å². The summed E-state index contributed by atoms with van der Waals surface area (Å²) in [6, 6.07) is 1.03. The molecule has 0 aromatic heterocycles. The van der Waals surface area contributed by atoms with Gasteiger partial charge in [0.25, 0.3) is 0 Å². The van der Waals surface area contributed by atoms with Crippen molar-refractivity contribution in [3.8, 4) is 0 Å². The van der Waals surface area contributed by atoms with E-state index in [1.807, 2.05) is 6.92 Å². The van der Waals surface area contributed by atoms with Gasteiger partial charge in [-0.2, -0.15) is 0 Å². The normalized spacial score (nSPS) is 27.6. The van der Waals surface area contributed by atoms with Gasteiger partial charge in [-0.05, 0) is 31.6 Å². The van der Waals surface area contributed by atoms with E-state index in [1.165, 1.54) is 25.9 Å². The quantitative estimate of drug-likeness (QED) is 0.691. The fourth-order valence-electron chi connectivity index (χ4n) is 2.82. The average Bonchev–Trinajstić information content (AvgIpc) is 2.22. The molecule has 1 aliphatic rings. The molecular weight excluding hydrogens is 208 g/mol. The first kappa shape index (κ1) is 14.7. The van der Waals surface area contributed by atoms with Crippen molar-refractivity contribution in [2.24, 2.45) is 17.6 Å². The summed E-state index contributed by atoms with van der Waals surface area (Å²) in [5.41, 5.74) is 5.69. The van der Waals surface area contributed by atoms with Gasteiger partial charge in [0, 0.05) is 25.2 Å². The molecule has 1 aliphatic heterocycles. The molecule has 100 valence electrons. The number of hydrogen-bond donors (Lipinski definition) is 1. The van der Waals surface area contributed by atoms with Gasteiger partial charge in [0.05, 0.1) is 0 Å². The van der Waals surface area contributed by atoms with Gasteiger partial charge in [0.1, 0.15) is 0 Å². The summed E-state index contributed by atoms with van der Waals surface area (Å²) >= 11 is 0. The van der Waals surface area contributed by atoms with Crippen molar-refractivity contribution in [3.05, 3.63) is 12.2 Å². The molecule has 0 aliphatic carbocycles. The Labute approximate surface area is 107 Å². The van der Waals surface area contributed by atoms with Gasteiger partial charge in [-0.3, -0.25) is 4.90 Å². The second kappa shape index (κ2) is 7.17. The molecule has 17 heavy (non-hydrogen) atoms. The summed E-state index contributed by atoms with van der Waals surface area (Å²) in [5, 5.41) is 0. The van der Waals surface area contributed by atoms with E-state index in [0.717, 1.165) is 24.3 Å². The molecule has 0 spiro atoms. The second-order valence-electron chi connectivity index (χ2n) is 5.83. The molecule has 2 nitrogen and oxygen atoms in total. The Hall–Kier alpha value is -0.340. The molecule has 2 heteroatoms. The third kappa shape index (κ3) is 4.44. The summed E-state index contributed by atoms with van der Waals surface area (Å²) < 4.78 is 0. The molecule has 0 saturated carbocycles. The molecule has 2 unspecified atom stereocenters. The van der Waals surface area contributed by atoms with Crippen LogP contribution in [0.4, 0.5) is 0 Å². The minimum atomic E-state index is 0.196. The lowest BCUT2D eigenvalue weighted by Crippen LogP contribution is -2.57. The monoisotopic (exact) mass is 238 g/mol. The topological polar surface area (TPSA) is 29.3 Å². The standard InChI is InChI=1S/C15H30N2/c1-5-8-15-14(12(2)3)11-17(15)10-7-6-9-13(4)16/h6,9,12-15H,5,7-8,10-11,16H2,1-4H3/b9-6+/t13?,14?,15-/m1/s1. The van der Waals surface area contributed by atoms with Crippen LogP contribution in [0.25, 0.3) is 0 Å². The predicted molar refractivity (Wildman–Crippen MR) is 76.0 cm³/mol. The zero-order chi connectivity index (χ0) is 12.8. The lowest BCUT2D eigenvalue weighted by Gasteiger charge is -2.50. The van der Waals surface area contributed by atoms with Gasteiger partial charge in [0.2, 0.25) is 0 Å². The second-order valence-corrected chi connectivity index (χ2v) is 5.83. The highest BCUT2D eigenvalue weighted by atomic mass is 15.2. The van der Waals surface area contributed by atoms with Crippen molar-refractivity contribution in [1.29, 1.82) is 0 Å². The van der Waals surface area contributed by atoms with Gasteiger partial charge in [0.15, 0.2) is 0 Å². The van der Waals surface area contributed by atoms with Crippen LogP contribution in [-0.4, -0.2) is 30.1 Å². The number of nitrogens with zero attached hydrogens (tertiary/aromatic N) is 1. The SMILES string of the molecule is CCC[C@@H]1C(C(C)C)CN1CC/C=C/C(C)N. The van der Waals surface area contributed by atoms with Crippen LogP contribution in [0.3, 0.4) is 0 Å². The first-order valence-electron chi connectivity index (χ1n) is 7.22. The average molecular weight is 238 g/mol. The van der Waals surface area contributed by atoms with E-state index in [0.29, 0.717) is 0 Å². The maximum Gasteiger partial charge on any atom is 0.0194 e. The summed E-state index contributed by atoms with van der Waals surface area (Å²) in [6.45, 7) is 11.5. The van der Waals surface area contributed by atoms with Crippen molar-refractivity contribution in [2.75, 3.05) is 13.1 Å². The molecule has 0 bridgehead atoms. The lowest BCUT2D eigenvalue weighted by atomic mass is 9.78. The third-order valence-corrected chi connectivity index (χ3v) is 3.87. The molecule has 1 fully saturated rings. The van der Waals surface area contributed by atoms with Gasteiger partial charge in [-0.25, -0.2) is 0 Å². The van der Waals surface area contributed by atoms with E-state index in [2.05, 4.69) is 37.8 Å². The van der Waals surface area contributed by atoms with Crippen molar-refractivity contribution in [2.45, 2.75) is 59.0 Å². The summed E-state index contributed by atoms with van der Waals surface area (Å²) in [5.74, 6) is 1.76. The Bertz CT molecular complexity index is 233. The summed E-state index contributed by atoms with van der Waals surface area (Å²) in [4.78, 5) is 2.65. The van der Waals surface area contributed by atoms with Gasteiger partial charge >= 0.3 is 0 Å². The van der Waals surface area contributed by atoms with E-state index in [9.17, 15) is 0 Å². The molecule has 0 amide bonds. The van der Waals surface area contributed by atoms with Crippen molar-refractivity contribution < 1.29 is 0 Å². The van der Waals surface area contributed by atoms with Gasteiger partial charge < -0.3 is 5.73 Å². The summed E-state index contributed by atoms with van der Waals surface area (Å²) in [6.07, 6.45) is 8.15. The minimum absolute atomic E-state index is 0.196. The molecule has 2 N–H and O–H groups in total. The first-order chi connectivity index (χ1) is 8.06. The molecule has 0 radical (unpaired) electrons. The van der Waals surface area contributed by atoms with E-state index >= 15 is 0 Å². The fourth-order valence-corrected chi connectivity index (χ4v) is 2.82. The Kier molecular flexibility index (Phi) is 6.21. The Morgan fingerprint density at radius 1 is 1.35 bits per heavy atom. The van der Waals surface area contributed by atoms with Crippen LogP contribution in [-0.2, 0) is 0 Å². The smallest absolute Gasteiger partial charge is 0.0194 e. The maximum absolute atomic E-state index is 5.69. The molecular formula is C15H30N2. The van der Waals surface area contributed by atoms with Crippen LogP contribution in [0.2, 0.25) is 0 Å². The van der Waals surface area contributed by atoms with Crippen molar-refractivity contribution in [3.63, 3.8) is 0 Å². The Balaban J connectivity index is 2.30. The Morgan fingerprint density at radius 2 is 2.06 bits per heavy atom. The van der Waals surface area contributed by atoms with E-state index in [-0.39, 0.29) is 6.04 Å². The van der Waals surface area contributed by atoms with Crippen molar-refractivity contribution in [1.82, 2.24) is 4.90 Å². The Morgan fingerprint density at radius 3 is 2.59 bits per heavy atom. The zero-order valence-corrected chi connectivity index (χ0v) is 12.0. The molecule has 1 heterocycles. The van der Waals surface area contributed by atoms with Crippen LogP contribution in [0, 0.1) is 11.8 Å². The highest BCUT2D eigenvalue weighted by Crippen LogP contribution is 2.33. The van der Waals surface area contributed by atoms with E-state index in [4.69, 9.17) is 5.73 Å². The first-order valence-corrected chi connectivity index (χ1v) is 7.22. The molecule has 0 aromatic carbocycles. The third-order valence-electron chi connectivity index (χ3n) is 3.87. The molecule has 3 atom stereocenters. The van der Waals surface area contributed by atoms with E-state index in [1.54, 1.807) is 0 Å². The number of rotatable bonds is 7. The van der Waals surface area contributed by atoms with Gasteiger partial charge in [-0.15, -0.1) is 0 Å². The zero-order valence-electron chi connectivity index (χ0n) is 12.0. The predicted octanol–water partition coefficient (Wildman–Crippen LogP) is 3.04. The van der Waals surface area contributed by atoms with Crippen LogP contribution < -0.4 is 5.73 Å². The lowest BCUT2D eigenvalue weighted by molar-refractivity contribution is -0.0149. The van der Waals surface area contributed by atoms with Crippen LogP contribution in [0.5, 0.6) is 0 Å². The highest BCUT2D eigenvalue weighted by Gasteiger charge is 2.38. The summed E-state index contributed by atoms with van der Waals surface area (Å²) in [7, 11) is 0. The molecule has 1 rings (SSSR count). The molecule has 1 saturated heterocycles. The number of hydrogen-bond acceptors (Lipinski definition) is 2. The van der Waals surface area contributed by atoms with Crippen LogP contribution in [0.15, 0.2) is 12.2 Å². The fraction of sp³-hybridized carbons (Fsp3) is 0.867. The molecule has 0 aromatic rings. The van der Waals surface area contributed by atoms with Crippen LogP contribution >= 0.6 is 0 Å². The van der Waals surface area contributed by atoms with Crippen LogP contribution in [0.1, 0.15) is 47.0 Å².